The van der Waals surface area contributed by atoms with E-state index in [1.165, 1.54) is 6.20 Å². The molecule has 0 bridgehead atoms. The Bertz CT molecular complexity index is 555. The number of amides is 1. The average Bonchev–Trinajstić information content (AvgIpc) is 2.91. The Morgan fingerprint density at radius 3 is 2.95 bits per heavy atom. The Labute approximate surface area is 115 Å². The van der Waals surface area contributed by atoms with Crippen LogP contribution in [0, 0.1) is 0 Å². The van der Waals surface area contributed by atoms with Gasteiger partial charge in [-0.05, 0) is 6.07 Å². The largest absolute Gasteiger partial charge is 0.372 e. The van der Waals surface area contributed by atoms with E-state index < -0.39 is 0 Å². The number of H-pyrrole nitrogens is 1. The van der Waals surface area contributed by atoms with E-state index in [1.54, 1.807) is 25.5 Å². The van der Waals surface area contributed by atoms with E-state index in [4.69, 9.17) is 11.6 Å². The maximum absolute atomic E-state index is 11.9. The Balaban J connectivity index is 1.91. The second-order valence-electron chi connectivity index (χ2n) is 3.85. The number of nitrogens with zero attached hydrogens (tertiary/aromatic N) is 2. The summed E-state index contributed by atoms with van der Waals surface area (Å²) in [4.78, 5) is 23.0. The SMILES string of the molecule is CNc1ncc(C(=O)NCCc2ncc[nH]2)cc1Cl. The predicted octanol–water partition coefficient (Wildman–Crippen LogP) is 1.47. The molecule has 0 spiro atoms. The zero-order valence-corrected chi connectivity index (χ0v) is 11.2. The maximum Gasteiger partial charge on any atom is 0.252 e. The molecule has 6 nitrogen and oxygen atoms in total. The summed E-state index contributed by atoms with van der Waals surface area (Å²) in [7, 11) is 1.72. The molecule has 0 saturated heterocycles. The Morgan fingerprint density at radius 2 is 2.32 bits per heavy atom. The number of anilines is 1. The van der Waals surface area contributed by atoms with Crippen LogP contribution in [0.5, 0.6) is 0 Å². The van der Waals surface area contributed by atoms with E-state index in [1.807, 2.05) is 0 Å². The number of hydrogen-bond donors (Lipinski definition) is 3. The van der Waals surface area contributed by atoms with E-state index in [0.717, 1.165) is 5.82 Å². The van der Waals surface area contributed by atoms with Crippen molar-refractivity contribution in [2.45, 2.75) is 6.42 Å². The van der Waals surface area contributed by atoms with Crippen molar-refractivity contribution >= 4 is 23.3 Å². The third-order valence-corrected chi connectivity index (χ3v) is 2.83. The molecular weight excluding hydrogens is 266 g/mol. The lowest BCUT2D eigenvalue weighted by Gasteiger charge is -2.06. The first-order valence-electron chi connectivity index (χ1n) is 5.80. The van der Waals surface area contributed by atoms with Crippen LogP contribution in [0.2, 0.25) is 5.02 Å². The molecule has 7 heteroatoms. The van der Waals surface area contributed by atoms with Crippen LogP contribution < -0.4 is 10.6 Å². The third-order valence-electron chi connectivity index (χ3n) is 2.54. The average molecular weight is 280 g/mol. The molecule has 0 aliphatic heterocycles. The summed E-state index contributed by atoms with van der Waals surface area (Å²) < 4.78 is 0. The summed E-state index contributed by atoms with van der Waals surface area (Å²) in [6.45, 7) is 0.498. The van der Waals surface area contributed by atoms with Gasteiger partial charge in [-0.15, -0.1) is 0 Å². The van der Waals surface area contributed by atoms with Crippen LogP contribution >= 0.6 is 11.6 Å². The van der Waals surface area contributed by atoms with E-state index in [0.29, 0.717) is 29.4 Å². The van der Waals surface area contributed by atoms with Gasteiger partial charge in [0.2, 0.25) is 0 Å². The molecule has 0 saturated carbocycles. The standard InChI is InChI=1S/C12H14ClN5O/c1-14-11-9(13)6-8(7-18-11)12(19)17-3-2-10-15-4-5-16-10/h4-7H,2-3H2,1H3,(H,14,18)(H,15,16)(H,17,19). The van der Waals surface area contributed by atoms with Crippen LogP contribution in [0.15, 0.2) is 24.7 Å². The molecule has 2 rings (SSSR count). The Morgan fingerprint density at radius 1 is 1.47 bits per heavy atom. The molecule has 0 unspecified atom stereocenters. The highest BCUT2D eigenvalue weighted by atomic mass is 35.5. The first kappa shape index (κ1) is 13.4. The lowest BCUT2D eigenvalue weighted by atomic mass is 10.2. The molecule has 0 fully saturated rings. The van der Waals surface area contributed by atoms with E-state index in [-0.39, 0.29) is 5.91 Å². The molecule has 0 aliphatic carbocycles. The van der Waals surface area contributed by atoms with Gasteiger partial charge in [0, 0.05) is 38.6 Å². The van der Waals surface area contributed by atoms with Crippen molar-refractivity contribution in [3.05, 3.63) is 41.1 Å². The molecule has 2 aromatic heterocycles. The number of hydrogen-bond acceptors (Lipinski definition) is 4. The highest BCUT2D eigenvalue weighted by molar-refractivity contribution is 6.33. The maximum atomic E-state index is 11.9. The summed E-state index contributed by atoms with van der Waals surface area (Å²) in [5.41, 5.74) is 0.434. The first-order valence-corrected chi connectivity index (χ1v) is 6.18. The van der Waals surface area contributed by atoms with Gasteiger partial charge < -0.3 is 15.6 Å². The lowest BCUT2D eigenvalue weighted by Crippen LogP contribution is -2.26. The number of carbonyl (C=O) groups is 1. The molecular formula is C12H14ClN5O. The third kappa shape index (κ3) is 3.45. The molecule has 0 aromatic carbocycles. The van der Waals surface area contributed by atoms with Gasteiger partial charge in [0.1, 0.15) is 11.6 Å². The van der Waals surface area contributed by atoms with Crippen LogP contribution in [0.1, 0.15) is 16.2 Å². The van der Waals surface area contributed by atoms with E-state index in [9.17, 15) is 4.79 Å². The topological polar surface area (TPSA) is 82.7 Å². The molecule has 100 valence electrons. The normalized spacial score (nSPS) is 10.2. The van der Waals surface area contributed by atoms with Crippen molar-refractivity contribution in [1.82, 2.24) is 20.3 Å². The number of aromatic nitrogens is 3. The fraction of sp³-hybridized carbons (Fsp3) is 0.250. The van der Waals surface area contributed by atoms with Gasteiger partial charge in [0.15, 0.2) is 0 Å². The molecule has 3 N–H and O–H groups in total. The minimum absolute atomic E-state index is 0.205. The van der Waals surface area contributed by atoms with Crippen molar-refractivity contribution in [2.24, 2.45) is 0 Å². The number of nitrogens with one attached hydrogen (secondary N) is 3. The van der Waals surface area contributed by atoms with E-state index in [2.05, 4.69) is 25.6 Å². The number of aromatic amines is 1. The van der Waals surface area contributed by atoms with Gasteiger partial charge in [-0.3, -0.25) is 4.79 Å². The van der Waals surface area contributed by atoms with Gasteiger partial charge >= 0.3 is 0 Å². The predicted molar refractivity (Wildman–Crippen MR) is 73.4 cm³/mol. The minimum Gasteiger partial charge on any atom is -0.372 e. The van der Waals surface area contributed by atoms with Crippen LogP contribution in [0.25, 0.3) is 0 Å². The van der Waals surface area contributed by atoms with Gasteiger partial charge in [0.05, 0.1) is 10.6 Å². The molecule has 0 radical (unpaired) electrons. The summed E-state index contributed by atoms with van der Waals surface area (Å²) in [6, 6.07) is 1.59. The van der Waals surface area contributed by atoms with Crippen LogP contribution in [0.4, 0.5) is 5.82 Å². The van der Waals surface area contributed by atoms with Gasteiger partial charge in [-0.2, -0.15) is 0 Å². The second kappa shape index (κ2) is 6.19. The molecule has 1 amide bonds. The fourth-order valence-electron chi connectivity index (χ4n) is 1.58. The van der Waals surface area contributed by atoms with Crippen molar-refractivity contribution in [3.63, 3.8) is 0 Å². The van der Waals surface area contributed by atoms with Crippen molar-refractivity contribution in [3.8, 4) is 0 Å². The summed E-state index contributed by atoms with van der Waals surface area (Å²) in [5.74, 6) is 1.18. The molecule has 2 aromatic rings. The van der Waals surface area contributed by atoms with Crippen LogP contribution in [0.3, 0.4) is 0 Å². The molecule has 2 heterocycles. The zero-order chi connectivity index (χ0) is 13.7. The smallest absolute Gasteiger partial charge is 0.252 e. The van der Waals surface area contributed by atoms with Crippen molar-refractivity contribution in [2.75, 3.05) is 18.9 Å². The lowest BCUT2D eigenvalue weighted by molar-refractivity contribution is 0.0953. The van der Waals surface area contributed by atoms with Crippen molar-refractivity contribution in [1.29, 1.82) is 0 Å². The molecule has 0 aliphatic rings. The van der Waals surface area contributed by atoms with Crippen LogP contribution in [-0.2, 0) is 6.42 Å². The summed E-state index contributed by atoms with van der Waals surface area (Å²) in [5, 5.41) is 6.04. The summed E-state index contributed by atoms with van der Waals surface area (Å²) in [6.07, 6.45) is 5.56. The number of imidazole rings is 1. The zero-order valence-electron chi connectivity index (χ0n) is 10.4. The van der Waals surface area contributed by atoms with Crippen molar-refractivity contribution < 1.29 is 4.79 Å². The second-order valence-corrected chi connectivity index (χ2v) is 4.25. The van der Waals surface area contributed by atoms with E-state index >= 15 is 0 Å². The number of pyridine rings is 1. The monoisotopic (exact) mass is 279 g/mol. The van der Waals surface area contributed by atoms with Gasteiger partial charge in [-0.25, -0.2) is 9.97 Å². The number of halogens is 1. The highest BCUT2D eigenvalue weighted by Gasteiger charge is 2.09. The summed E-state index contributed by atoms with van der Waals surface area (Å²) >= 11 is 5.97. The molecule has 0 atom stereocenters. The van der Waals surface area contributed by atoms with Gasteiger partial charge in [-0.1, -0.05) is 11.6 Å². The number of rotatable bonds is 5. The Hall–Kier alpha value is -2.08. The van der Waals surface area contributed by atoms with Crippen LogP contribution in [-0.4, -0.2) is 34.5 Å². The molecule has 19 heavy (non-hydrogen) atoms. The van der Waals surface area contributed by atoms with Gasteiger partial charge in [0.25, 0.3) is 5.91 Å². The highest BCUT2D eigenvalue weighted by Crippen LogP contribution is 2.19. The first-order chi connectivity index (χ1) is 9.20. The number of carbonyl (C=O) groups excluding carboxylic acids is 1. The fourth-order valence-corrected chi connectivity index (χ4v) is 1.84. The quantitative estimate of drug-likeness (QED) is 0.774. The minimum atomic E-state index is -0.205. The Kier molecular flexibility index (Phi) is 4.35.